The Bertz CT molecular complexity index is 517. The average Bonchev–Trinajstić information content (AvgIpc) is 2.42. The van der Waals surface area contributed by atoms with Crippen molar-refractivity contribution in [2.45, 2.75) is 26.4 Å². The van der Waals surface area contributed by atoms with Gasteiger partial charge >= 0.3 is 12.0 Å². The summed E-state index contributed by atoms with van der Waals surface area (Å²) in [6.45, 7) is 3.71. The molecule has 1 atom stereocenters. The van der Waals surface area contributed by atoms with Gasteiger partial charge in [-0.15, -0.1) is 0 Å². The highest BCUT2D eigenvalue weighted by Gasteiger charge is 2.23. The van der Waals surface area contributed by atoms with Crippen LogP contribution in [-0.4, -0.2) is 23.1 Å². The highest BCUT2D eigenvalue weighted by Crippen LogP contribution is 2.04. The monoisotopic (exact) mass is 275 g/mol. The second kappa shape index (κ2) is 7.14. The lowest BCUT2D eigenvalue weighted by molar-refractivity contribution is -0.140. The molecule has 0 heterocycles. The number of carbonyl (C=O) groups excluding carboxylic acids is 1. The lowest BCUT2D eigenvalue weighted by Gasteiger charge is -2.18. The number of hydrogen-bond acceptors (Lipinski definition) is 3. The van der Waals surface area contributed by atoms with Crippen LogP contribution in [0.1, 0.15) is 25.0 Å². The number of nitrogens with zero attached hydrogens (tertiary/aromatic N) is 1. The molecular formula is C14H17N3O3. The number of hydrogen-bond donors (Lipinski definition) is 3. The third kappa shape index (κ3) is 4.61. The molecule has 0 spiro atoms. The Hall–Kier alpha value is -2.55. The van der Waals surface area contributed by atoms with E-state index in [-0.39, 0.29) is 12.5 Å². The molecule has 6 nitrogen and oxygen atoms in total. The third-order valence-electron chi connectivity index (χ3n) is 2.76. The first-order valence-corrected chi connectivity index (χ1v) is 6.20. The predicted octanol–water partition coefficient (Wildman–Crippen LogP) is 1.47. The van der Waals surface area contributed by atoms with Crippen molar-refractivity contribution in [1.82, 2.24) is 10.6 Å². The summed E-state index contributed by atoms with van der Waals surface area (Å²) in [5.41, 5.74) is 1.37. The first-order chi connectivity index (χ1) is 9.43. The van der Waals surface area contributed by atoms with E-state index in [1.165, 1.54) is 0 Å². The van der Waals surface area contributed by atoms with E-state index >= 15 is 0 Å². The molecule has 0 radical (unpaired) electrons. The number of benzene rings is 1. The maximum Gasteiger partial charge on any atom is 0.326 e. The van der Waals surface area contributed by atoms with Crippen LogP contribution in [0.25, 0.3) is 0 Å². The van der Waals surface area contributed by atoms with Gasteiger partial charge in [0.2, 0.25) is 0 Å². The van der Waals surface area contributed by atoms with E-state index in [0.29, 0.717) is 5.56 Å². The van der Waals surface area contributed by atoms with Gasteiger partial charge in [0.05, 0.1) is 11.6 Å². The Kier molecular flexibility index (Phi) is 5.54. The Labute approximate surface area is 117 Å². The molecule has 106 valence electrons. The Morgan fingerprint density at radius 1 is 1.30 bits per heavy atom. The molecular weight excluding hydrogens is 258 g/mol. The van der Waals surface area contributed by atoms with Crippen LogP contribution in [0.2, 0.25) is 0 Å². The molecule has 0 aliphatic heterocycles. The lowest BCUT2D eigenvalue weighted by atomic mass is 10.1. The summed E-state index contributed by atoms with van der Waals surface area (Å²) in [6, 6.07) is 7.33. The minimum Gasteiger partial charge on any atom is -0.480 e. The second-order valence-corrected chi connectivity index (χ2v) is 4.70. The standard InChI is InChI=1S/C14H17N3O3/c1-9(2)12(13(18)19)17-14(20)16-8-11-5-3-10(7-15)4-6-11/h3-6,9,12H,8H2,1-2H3,(H,18,19)(H2,16,17,20)/t12-/m0/s1. The maximum atomic E-state index is 11.6. The van der Waals surface area contributed by atoms with Crippen LogP contribution >= 0.6 is 0 Å². The molecule has 0 unspecified atom stereocenters. The molecule has 2 amide bonds. The van der Waals surface area contributed by atoms with E-state index in [9.17, 15) is 9.59 Å². The van der Waals surface area contributed by atoms with Crippen LogP contribution in [0.3, 0.4) is 0 Å². The van der Waals surface area contributed by atoms with Gasteiger partial charge in [0.1, 0.15) is 6.04 Å². The van der Waals surface area contributed by atoms with Crippen molar-refractivity contribution in [1.29, 1.82) is 5.26 Å². The van der Waals surface area contributed by atoms with E-state index in [1.54, 1.807) is 38.1 Å². The van der Waals surface area contributed by atoms with Crippen molar-refractivity contribution >= 4 is 12.0 Å². The molecule has 1 rings (SSSR count). The highest BCUT2D eigenvalue weighted by atomic mass is 16.4. The van der Waals surface area contributed by atoms with Gasteiger partial charge in [-0.25, -0.2) is 9.59 Å². The average molecular weight is 275 g/mol. The first-order valence-electron chi connectivity index (χ1n) is 6.20. The maximum absolute atomic E-state index is 11.6. The van der Waals surface area contributed by atoms with E-state index in [4.69, 9.17) is 10.4 Å². The van der Waals surface area contributed by atoms with Crippen molar-refractivity contribution < 1.29 is 14.7 Å². The van der Waals surface area contributed by atoms with E-state index in [0.717, 1.165) is 5.56 Å². The van der Waals surface area contributed by atoms with E-state index < -0.39 is 18.0 Å². The quantitative estimate of drug-likeness (QED) is 0.757. The van der Waals surface area contributed by atoms with Crippen molar-refractivity contribution in [3.8, 4) is 6.07 Å². The number of amides is 2. The fourth-order valence-electron chi connectivity index (χ4n) is 1.59. The zero-order valence-corrected chi connectivity index (χ0v) is 11.4. The summed E-state index contributed by atoms with van der Waals surface area (Å²) in [7, 11) is 0. The summed E-state index contributed by atoms with van der Waals surface area (Å²) in [6.07, 6.45) is 0. The Morgan fingerprint density at radius 3 is 2.35 bits per heavy atom. The van der Waals surface area contributed by atoms with Gasteiger partial charge in [0.15, 0.2) is 0 Å². The predicted molar refractivity (Wildman–Crippen MR) is 72.8 cm³/mol. The minimum absolute atomic E-state index is 0.201. The van der Waals surface area contributed by atoms with Crippen LogP contribution < -0.4 is 10.6 Å². The number of carbonyl (C=O) groups is 2. The number of carboxylic acid groups (broad SMARTS) is 1. The number of aliphatic carboxylic acids is 1. The Morgan fingerprint density at radius 2 is 1.90 bits per heavy atom. The van der Waals surface area contributed by atoms with Crippen molar-refractivity contribution in [3.05, 3.63) is 35.4 Å². The van der Waals surface area contributed by atoms with Crippen LogP contribution in [0, 0.1) is 17.2 Å². The van der Waals surface area contributed by atoms with Gasteiger partial charge in [-0.05, 0) is 23.6 Å². The second-order valence-electron chi connectivity index (χ2n) is 4.70. The number of carboxylic acids is 1. The molecule has 0 aliphatic rings. The summed E-state index contributed by atoms with van der Waals surface area (Å²) in [5.74, 6) is -1.26. The van der Waals surface area contributed by atoms with Gasteiger partial charge in [0, 0.05) is 6.54 Å². The SMILES string of the molecule is CC(C)[C@H](NC(=O)NCc1ccc(C#N)cc1)C(=O)O. The molecule has 1 aromatic carbocycles. The molecule has 0 aliphatic carbocycles. The van der Waals surface area contributed by atoms with Gasteiger partial charge in [-0.1, -0.05) is 26.0 Å². The largest absolute Gasteiger partial charge is 0.480 e. The summed E-state index contributed by atoms with van der Waals surface area (Å²) < 4.78 is 0. The van der Waals surface area contributed by atoms with E-state index in [1.807, 2.05) is 6.07 Å². The zero-order chi connectivity index (χ0) is 15.1. The van der Waals surface area contributed by atoms with Crippen LogP contribution in [0.4, 0.5) is 4.79 Å². The first kappa shape index (κ1) is 15.5. The van der Waals surface area contributed by atoms with Crippen LogP contribution in [-0.2, 0) is 11.3 Å². The van der Waals surface area contributed by atoms with Crippen LogP contribution in [0.5, 0.6) is 0 Å². The molecule has 0 bridgehead atoms. The van der Waals surface area contributed by atoms with Gasteiger partial charge in [-0.2, -0.15) is 5.26 Å². The minimum atomic E-state index is -1.06. The number of rotatable bonds is 5. The molecule has 0 aromatic heterocycles. The smallest absolute Gasteiger partial charge is 0.326 e. The molecule has 1 aromatic rings. The molecule has 0 saturated carbocycles. The van der Waals surface area contributed by atoms with Gasteiger partial charge in [-0.3, -0.25) is 0 Å². The lowest BCUT2D eigenvalue weighted by Crippen LogP contribution is -2.48. The third-order valence-corrected chi connectivity index (χ3v) is 2.76. The molecule has 0 fully saturated rings. The summed E-state index contributed by atoms with van der Waals surface area (Å²) in [5, 5.41) is 22.6. The summed E-state index contributed by atoms with van der Waals surface area (Å²) in [4.78, 5) is 22.6. The van der Waals surface area contributed by atoms with Crippen LogP contribution in [0.15, 0.2) is 24.3 Å². The van der Waals surface area contributed by atoms with Crippen molar-refractivity contribution in [3.63, 3.8) is 0 Å². The van der Waals surface area contributed by atoms with E-state index in [2.05, 4.69) is 10.6 Å². The fraction of sp³-hybridized carbons (Fsp3) is 0.357. The summed E-state index contributed by atoms with van der Waals surface area (Å²) >= 11 is 0. The fourth-order valence-corrected chi connectivity index (χ4v) is 1.59. The molecule has 3 N–H and O–H groups in total. The molecule has 20 heavy (non-hydrogen) atoms. The molecule has 6 heteroatoms. The normalized spacial score (nSPS) is 11.5. The topological polar surface area (TPSA) is 102 Å². The zero-order valence-electron chi connectivity index (χ0n) is 11.4. The van der Waals surface area contributed by atoms with Gasteiger partial charge < -0.3 is 15.7 Å². The number of nitriles is 1. The number of nitrogens with one attached hydrogen (secondary N) is 2. The highest BCUT2D eigenvalue weighted by molar-refractivity contribution is 5.82. The number of urea groups is 1. The van der Waals surface area contributed by atoms with Gasteiger partial charge in [0.25, 0.3) is 0 Å². The van der Waals surface area contributed by atoms with Crippen molar-refractivity contribution in [2.75, 3.05) is 0 Å². The van der Waals surface area contributed by atoms with Crippen molar-refractivity contribution in [2.24, 2.45) is 5.92 Å². The molecule has 0 saturated heterocycles. The Balaban J connectivity index is 2.50.